The van der Waals surface area contributed by atoms with Gasteiger partial charge in [0.05, 0.1) is 0 Å². The van der Waals surface area contributed by atoms with E-state index >= 15 is 0 Å². The summed E-state index contributed by atoms with van der Waals surface area (Å²) in [6.07, 6.45) is 1.46. The van der Waals surface area contributed by atoms with E-state index < -0.39 is 0 Å². The summed E-state index contributed by atoms with van der Waals surface area (Å²) in [4.78, 5) is 0. The van der Waals surface area contributed by atoms with Gasteiger partial charge in [-0.05, 0) is 12.3 Å². The van der Waals surface area contributed by atoms with Crippen LogP contribution in [0, 0.1) is 5.92 Å². The molecular weight excluding hydrogens is 80.1 g/mol. The predicted molar refractivity (Wildman–Crippen MR) is 24.1 cm³/mol. The molecule has 0 aromatic carbocycles. The molecule has 0 aromatic heterocycles. The Bertz CT molecular complexity index is 48.7. The SMILES string of the molecule is C1SC2C[C]12. The summed E-state index contributed by atoms with van der Waals surface area (Å²) in [5, 5.41) is 1.06. The van der Waals surface area contributed by atoms with Gasteiger partial charge < -0.3 is 0 Å². The van der Waals surface area contributed by atoms with E-state index in [1.807, 2.05) is 5.92 Å². The van der Waals surface area contributed by atoms with Crippen LogP contribution in [0.25, 0.3) is 0 Å². The second kappa shape index (κ2) is 0.558. The predicted octanol–water partition coefficient (Wildman–Crippen LogP) is 1.08. The Labute approximate surface area is 35.9 Å². The van der Waals surface area contributed by atoms with Crippen molar-refractivity contribution in [1.29, 1.82) is 0 Å². The molecule has 5 heavy (non-hydrogen) atoms. The van der Waals surface area contributed by atoms with E-state index in [4.69, 9.17) is 0 Å². The first kappa shape index (κ1) is 2.51. The van der Waals surface area contributed by atoms with Crippen LogP contribution in [0.1, 0.15) is 6.42 Å². The fourth-order valence-corrected chi connectivity index (χ4v) is 1.70. The quantitative estimate of drug-likeness (QED) is 0.424. The molecule has 2 rings (SSSR count). The maximum absolute atomic E-state index is 2.10. The molecule has 0 aromatic rings. The molecule has 1 saturated heterocycles. The van der Waals surface area contributed by atoms with Crippen LogP contribution in [0.2, 0.25) is 0 Å². The van der Waals surface area contributed by atoms with Crippen LogP contribution < -0.4 is 0 Å². The summed E-state index contributed by atoms with van der Waals surface area (Å²) >= 11 is 2.10. The molecule has 1 radical (unpaired) electrons. The first-order valence-corrected chi connectivity index (χ1v) is 2.98. The maximum atomic E-state index is 2.10. The van der Waals surface area contributed by atoms with Crippen molar-refractivity contribution in [2.75, 3.05) is 5.75 Å². The third kappa shape index (κ3) is 0.186. The summed E-state index contributed by atoms with van der Waals surface area (Å²) in [5.41, 5.74) is 0. The zero-order valence-corrected chi connectivity index (χ0v) is 3.72. The van der Waals surface area contributed by atoms with Crippen molar-refractivity contribution in [3.05, 3.63) is 5.92 Å². The average Bonchev–Trinajstić information content (AvgIpc) is 1.74. The van der Waals surface area contributed by atoms with Crippen molar-refractivity contribution in [1.82, 2.24) is 0 Å². The lowest BCUT2D eigenvalue weighted by atomic mass is 10.5. The summed E-state index contributed by atoms with van der Waals surface area (Å²) in [6.45, 7) is 0. The Balaban J connectivity index is 2.19. The fourth-order valence-electron chi connectivity index (χ4n) is 0.616. The van der Waals surface area contributed by atoms with Crippen molar-refractivity contribution in [3.8, 4) is 0 Å². The van der Waals surface area contributed by atoms with E-state index in [9.17, 15) is 0 Å². The molecule has 1 aliphatic heterocycles. The van der Waals surface area contributed by atoms with Gasteiger partial charge in [0.2, 0.25) is 0 Å². The van der Waals surface area contributed by atoms with Crippen LogP contribution in [0.5, 0.6) is 0 Å². The van der Waals surface area contributed by atoms with Crippen LogP contribution in [0.4, 0.5) is 0 Å². The summed E-state index contributed by atoms with van der Waals surface area (Å²) in [5.74, 6) is 3.21. The summed E-state index contributed by atoms with van der Waals surface area (Å²) < 4.78 is 0. The van der Waals surface area contributed by atoms with Gasteiger partial charge in [-0.15, -0.1) is 0 Å². The third-order valence-electron chi connectivity index (χ3n) is 1.21. The van der Waals surface area contributed by atoms with Crippen molar-refractivity contribution in [2.24, 2.45) is 0 Å². The average molecular weight is 85.2 g/mol. The molecule has 0 bridgehead atoms. The van der Waals surface area contributed by atoms with Gasteiger partial charge in [0.25, 0.3) is 0 Å². The molecule has 1 saturated carbocycles. The second-order valence-electron chi connectivity index (χ2n) is 1.66. The third-order valence-corrected chi connectivity index (χ3v) is 2.65. The molecule has 27 valence electrons. The van der Waals surface area contributed by atoms with Crippen LogP contribution in [-0.2, 0) is 0 Å². The minimum atomic E-state index is 1.06. The number of rotatable bonds is 0. The highest BCUT2D eigenvalue weighted by atomic mass is 32.2. The van der Waals surface area contributed by atoms with E-state index in [0.717, 1.165) is 5.25 Å². The summed E-state index contributed by atoms with van der Waals surface area (Å²) in [6, 6.07) is 0. The Morgan fingerprint density at radius 3 is 2.60 bits per heavy atom. The molecule has 1 atom stereocenters. The topological polar surface area (TPSA) is 0 Å². The van der Waals surface area contributed by atoms with Gasteiger partial charge in [-0.2, -0.15) is 11.8 Å². The maximum Gasteiger partial charge on any atom is 0.0124 e. The Hall–Kier alpha value is 0.350. The van der Waals surface area contributed by atoms with Crippen LogP contribution in [0.15, 0.2) is 0 Å². The minimum absolute atomic E-state index is 1.06. The lowest BCUT2D eigenvalue weighted by Gasteiger charge is -2.04. The molecule has 0 amide bonds. The van der Waals surface area contributed by atoms with Gasteiger partial charge in [-0.25, -0.2) is 0 Å². The van der Waals surface area contributed by atoms with E-state index in [0.29, 0.717) is 0 Å². The lowest BCUT2D eigenvalue weighted by molar-refractivity contribution is 1.36. The fraction of sp³-hybridized carbons (Fsp3) is 0.750. The minimum Gasteiger partial charge on any atom is -0.157 e. The molecule has 0 nitrogen and oxygen atoms in total. The highest BCUT2D eigenvalue weighted by molar-refractivity contribution is 8.02. The van der Waals surface area contributed by atoms with Crippen molar-refractivity contribution < 1.29 is 0 Å². The molecule has 0 N–H and O–H groups in total. The normalized spacial score (nSPS) is 46.8. The smallest absolute Gasteiger partial charge is 0.0124 e. The molecule has 1 aliphatic carbocycles. The van der Waals surface area contributed by atoms with Crippen molar-refractivity contribution in [3.63, 3.8) is 0 Å². The molecular formula is C4H5S. The van der Waals surface area contributed by atoms with E-state index in [-0.39, 0.29) is 0 Å². The van der Waals surface area contributed by atoms with E-state index in [1.165, 1.54) is 12.2 Å². The van der Waals surface area contributed by atoms with Gasteiger partial charge in [-0.1, -0.05) is 0 Å². The van der Waals surface area contributed by atoms with E-state index in [1.54, 1.807) is 0 Å². The van der Waals surface area contributed by atoms with Crippen molar-refractivity contribution >= 4 is 11.8 Å². The second-order valence-corrected chi connectivity index (χ2v) is 2.85. The highest BCUT2D eigenvalue weighted by Gasteiger charge is 2.46. The van der Waals surface area contributed by atoms with Crippen LogP contribution in [0.3, 0.4) is 0 Å². The first-order valence-electron chi connectivity index (χ1n) is 1.93. The lowest BCUT2D eigenvalue weighted by Crippen LogP contribution is -1.95. The van der Waals surface area contributed by atoms with Gasteiger partial charge in [-0.3, -0.25) is 0 Å². The molecule has 1 heteroatoms. The molecule has 0 spiro atoms. The summed E-state index contributed by atoms with van der Waals surface area (Å²) in [7, 11) is 0. The van der Waals surface area contributed by atoms with Crippen LogP contribution >= 0.6 is 11.8 Å². The monoisotopic (exact) mass is 85.0 g/mol. The molecule has 1 unspecified atom stereocenters. The van der Waals surface area contributed by atoms with Crippen molar-refractivity contribution in [2.45, 2.75) is 11.7 Å². The van der Waals surface area contributed by atoms with E-state index in [2.05, 4.69) is 11.8 Å². The number of fused-ring (bicyclic) bond motifs is 1. The Morgan fingerprint density at radius 1 is 1.80 bits per heavy atom. The zero-order valence-electron chi connectivity index (χ0n) is 2.90. The van der Waals surface area contributed by atoms with Gasteiger partial charge in [0.15, 0.2) is 0 Å². The standard InChI is InChI=1S/C4H5S/c1-3-2-5-4(1)3/h4H,1-2H2. The highest BCUT2D eigenvalue weighted by Crippen LogP contribution is 2.55. The largest absolute Gasteiger partial charge is 0.157 e. The van der Waals surface area contributed by atoms with Gasteiger partial charge in [0, 0.05) is 11.0 Å². The number of hydrogen-bond donors (Lipinski definition) is 0. The Morgan fingerprint density at radius 2 is 2.60 bits per heavy atom. The molecule has 1 heterocycles. The Kier molecular flexibility index (Phi) is 0.280. The van der Waals surface area contributed by atoms with Gasteiger partial charge in [0.1, 0.15) is 0 Å². The molecule has 2 aliphatic rings. The van der Waals surface area contributed by atoms with Crippen LogP contribution in [-0.4, -0.2) is 11.0 Å². The molecule has 2 fully saturated rings. The number of thioether (sulfide) groups is 1. The number of hydrogen-bond acceptors (Lipinski definition) is 1. The first-order chi connectivity index (χ1) is 2.47. The van der Waals surface area contributed by atoms with Gasteiger partial charge >= 0.3 is 0 Å². The zero-order chi connectivity index (χ0) is 3.28.